The number of benzene rings is 1. The summed E-state index contributed by atoms with van der Waals surface area (Å²) in [5.74, 6) is 1.63. The van der Waals surface area contributed by atoms with E-state index in [1.807, 2.05) is 0 Å². The van der Waals surface area contributed by atoms with Gasteiger partial charge in [0.15, 0.2) is 5.96 Å². The van der Waals surface area contributed by atoms with Gasteiger partial charge >= 0.3 is 0 Å². The highest BCUT2D eigenvalue weighted by atomic mass is 127. The zero-order valence-corrected chi connectivity index (χ0v) is 17.6. The Balaban J connectivity index is 0.00000182. The Kier molecular flexibility index (Phi) is 5.93. The molecule has 0 aromatic heterocycles. The third-order valence-corrected chi connectivity index (χ3v) is 6.34. The molecule has 4 rings (SSSR count). The van der Waals surface area contributed by atoms with Crippen molar-refractivity contribution in [3.8, 4) is 0 Å². The van der Waals surface area contributed by atoms with Crippen molar-refractivity contribution in [1.29, 1.82) is 0 Å². The first-order valence-electron chi connectivity index (χ1n) is 9.45. The number of guanidine groups is 1. The summed E-state index contributed by atoms with van der Waals surface area (Å²) in [6.07, 6.45) is 5.66. The second-order valence-corrected chi connectivity index (χ2v) is 7.57. The molecule has 1 aliphatic heterocycles. The van der Waals surface area contributed by atoms with Crippen LogP contribution in [0.3, 0.4) is 0 Å². The Bertz CT molecular complexity index is 629. The molecule has 2 aliphatic carbocycles. The molecule has 4 nitrogen and oxygen atoms in total. The minimum Gasteiger partial charge on any atom is -0.377 e. The minimum atomic E-state index is 0. The van der Waals surface area contributed by atoms with Gasteiger partial charge < -0.3 is 15.4 Å². The van der Waals surface area contributed by atoms with Gasteiger partial charge in [0.1, 0.15) is 0 Å². The van der Waals surface area contributed by atoms with E-state index in [1.165, 1.54) is 36.8 Å². The van der Waals surface area contributed by atoms with Crippen LogP contribution in [0.2, 0.25) is 0 Å². The van der Waals surface area contributed by atoms with Crippen LogP contribution in [0, 0.1) is 18.3 Å². The second-order valence-electron chi connectivity index (χ2n) is 7.57. The number of nitrogens with one attached hydrogen (secondary N) is 2. The van der Waals surface area contributed by atoms with Crippen molar-refractivity contribution >= 4 is 29.9 Å². The van der Waals surface area contributed by atoms with Crippen molar-refractivity contribution in [2.45, 2.75) is 58.2 Å². The lowest BCUT2D eigenvalue weighted by atomic mass is 9.46. The zero-order valence-electron chi connectivity index (χ0n) is 15.3. The fraction of sp³-hybridized carbons (Fsp3) is 0.650. The van der Waals surface area contributed by atoms with Crippen LogP contribution in [0.25, 0.3) is 0 Å². The van der Waals surface area contributed by atoms with Gasteiger partial charge in [-0.3, -0.25) is 0 Å². The van der Waals surface area contributed by atoms with Crippen LogP contribution in [0.4, 0.5) is 0 Å². The molecule has 3 unspecified atom stereocenters. The molecule has 1 aromatic carbocycles. The molecule has 0 amide bonds. The third kappa shape index (κ3) is 3.29. The summed E-state index contributed by atoms with van der Waals surface area (Å²) in [6.45, 7) is 6.84. The second kappa shape index (κ2) is 7.82. The van der Waals surface area contributed by atoms with Gasteiger partial charge in [0.25, 0.3) is 0 Å². The van der Waals surface area contributed by atoms with Gasteiger partial charge in [-0.1, -0.05) is 30.7 Å². The lowest BCUT2D eigenvalue weighted by Gasteiger charge is -2.63. The molecule has 3 fully saturated rings. The molecule has 2 N–H and O–H groups in total. The highest BCUT2D eigenvalue weighted by molar-refractivity contribution is 14.0. The SMILES string of the molecule is CCNC(=NCc1ccccc1C)NC1C2CCOC2C12CCC2.I. The zero-order chi connectivity index (χ0) is 16.6. The van der Waals surface area contributed by atoms with E-state index in [-0.39, 0.29) is 24.0 Å². The van der Waals surface area contributed by atoms with Gasteiger partial charge in [0.05, 0.1) is 12.6 Å². The maximum Gasteiger partial charge on any atom is 0.191 e. The third-order valence-electron chi connectivity index (χ3n) is 6.34. The molecule has 5 heteroatoms. The molecular weight excluding hydrogens is 425 g/mol. The Morgan fingerprint density at radius 2 is 2.12 bits per heavy atom. The number of halogens is 1. The highest BCUT2D eigenvalue weighted by Gasteiger charge is 2.66. The topological polar surface area (TPSA) is 45.7 Å². The summed E-state index contributed by atoms with van der Waals surface area (Å²) in [6, 6.07) is 9.03. The predicted molar refractivity (Wildman–Crippen MR) is 112 cm³/mol. The predicted octanol–water partition coefficient (Wildman–Crippen LogP) is 3.63. The van der Waals surface area contributed by atoms with Crippen LogP contribution in [-0.2, 0) is 11.3 Å². The maximum atomic E-state index is 6.03. The molecule has 1 heterocycles. The van der Waals surface area contributed by atoms with E-state index in [0.717, 1.165) is 25.7 Å². The molecule has 1 saturated heterocycles. The summed E-state index contributed by atoms with van der Waals surface area (Å²) in [4.78, 5) is 4.86. The molecule has 1 aromatic rings. The van der Waals surface area contributed by atoms with Gasteiger partial charge in [0.2, 0.25) is 0 Å². The van der Waals surface area contributed by atoms with E-state index in [4.69, 9.17) is 9.73 Å². The minimum absolute atomic E-state index is 0. The fourth-order valence-electron chi connectivity index (χ4n) is 4.87. The van der Waals surface area contributed by atoms with Gasteiger partial charge in [-0.15, -0.1) is 24.0 Å². The van der Waals surface area contributed by atoms with E-state index < -0.39 is 0 Å². The monoisotopic (exact) mass is 455 g/mol. The van der Waals surface area contributed by atoms with E-state index in [9.17, 15) is 0 Å². The van der Waals surface area contributed by atoms with Crippen molar-refractivity contribution < 1.29 is 4.74 Å². The fourth-order valence-corrected chi connectivity index (χ4v) is 4.87. The average molecular weight is 455 g/mol. The van der Waals surface area contributed by atoms with Crippen LogP contribution in [-0.4, -0.2) is 31.3 Å². The summed E-state index contributed by atoms with van der Waals surface area (Å²) in [5, 5.41) is 7.20. The van der Waals surface area contributed by atoms with Crippen LogP contribution >= 0.6 is 24.0 Å². The van der Waals surface area contributed by atoms with Crippen LogP contribution in [0.1, 0.15) is 43.7 Å². The lowest BCUT2D eigenvalue weighted by molar-refractivity contribution is -0.171. The number of nitrogens with zero attached hydrogens (tertiary/aromatic N) is 1. The van der Waals surface area contributed by atoms with E-state index >= 15 is 0 Å². The molecule has 2 saturated carbocycles. The van der Waals surface area contributed by atoms with Gasteiger partial charge in [0, 0.05) is 30.5 Å². The average Bonchev–Trinajstić information content (AvgIpc) is 2.95. The van der Waals surface area contributed by atoms with E-state index in [1.54, 1.807) is 0 Å². The number of hydrogen-bond acceptors (Lipinski definition) is 2. The Labute approximate surface area is 168 Å². The molecular formula is C20H30IN3O. The van der Waals surface area contributed by atoms with Crippen LogP contribution < -0.4 is 10.6 Å². The lowest BCUT2D eigenvalue weighted by Crippen LogP contribution is -2.72. The van der Waals surface area contributed by atoms with Gasteiger partial charge in [-0.05, 0) is 44.2 Å². The maximum absolute atomic E-state index is 6.03. The number of rotatable bonds is 4. The van der Waals surface area contributed by atoms with Crippen molar-refractivity contribution in [1.82, 2.24) is 10.6 Å². The first-order chi connectivity index (χ1) is 11.7. The van der Waals surface area contributed by atoms with E-state index in [2.05, 4.69) is 48.7 Å². The molecule has 0 bridgehead atoms. The number of ether oxygens (including phenoxy) is 1. The van der Waals surface area contributed by atoms with Crippen molar-refractivity contribution in [2.75, 3.05) is 13.2 Å². The van der Waals surface area contributed by atoms with E-state index in [0.29, 0.717) is 23.5 Å². The highest BCUT2D eigenvalue weighted by Crippen LogP contribution is 2.62. The normalized spacial score (nSPS) is 29.2. The summed E-state index contributed by atoms with van der Waals surface area (Å²) in [5.41, 5.74) is 2.99. The Morgan fingerprint density at radius 1 is 1.32 bits per heavy atom. The van der Waals surface area contributed by atoms with Gasteiger partial charge in [-0.2, -0.15) is 0 Å². The molecule has 3 atom stereocenters. The summed E-state index contributed by atoms with van der Waals surface area (Å²) < 4.78 is 6.03. The van der Waals surface area contributed by atoms with Crippen molar-refractivity contribution in [3.05, 3.63) is 35.4 Å². The van der Waals surface area contributed by atoms with Crippen molar-refractivity contribution in [3.63, 3.8) is 0 Å². The first kappa shape index (κ1) is 19.0. The van der Waals surface area contributed by atoms with Crippen LogP contribution in [0.5, 0.6) is 0 Å². The molecule has 138 valence electrons. The molecule has 25 heavy (non-hydrogen) atoms. The van der Waals surface area contributed by atoms with Crippen molar-refractivity contribution in [2.24, 2.45) is 16.3 Å². The standard InChI is InChI=1S/C20H29N3O.HI/c1-3-21-19(22-13-15-8-5-4-7-14(15)2)23-17-16-9-12-24-18(16)20(17)10-6-11-20;/h4-5,7-8,16-18H,3,6,9-13H2,1-2H3,(H2,21,22,23);1H. The number of aryl methyl sites for hydroxylation is 1. The summed E-state index contributed by atoms with van der Waals surface area (Å²) >= 11 is 0. The largest absolute Gasteiger partial charge is 0.377 e. The molecule has 1 spiro atoms. The molecule has 3 aliphatic rings. The smallest absolute Gasteiger partial charge is 0.191 e. The number of aliphatic imine (C=N–C) groups is 1. The first-order valence-corrected chi connectivity index (χ1v) is 9.45. The summed E-state index contributed by atoms with van der Waals surface area (Å²) in [7, 11) is 0. The number of hydrogen-bond donors (Lipinski definition) is 2. The number of fused-ring (bicyclic) bond motifs is 2. The quantitative estimate of drug-likeness (QED) is 0.414. The Hall–Kier alpha value is -0.820. The van der Waals surface area contributed by atoms with Crippen LogP contribution in [0.15, 0.2) is 29.3 Å². The van der Waals surface area contributed by atoms with Gasteiger partial charge in [-0.25, -0.2) is 4.99 Å². The Morgan fingerprint density at radius 3 is 2.80 bits per heavy atom. The molecule has 0 radical (unpaired) electrons.